The molecule has 170 valence electrons. The first kappa shape index (κ1) is 22.7. The van der Waals surface area contributed by atoms with Gasteiger partial charge in [0.2, 0.25) is 5.91 Å². The van der Waals surface area contributed by atoms with Crippen LogP contribution in [-0.2, 0) is 17.9 Å². The maximum atomic E-state index is 14.3. The van der Waals surface area contributed by atoms with E-state index in [-0.39, 0.29) is 18.2 Å². The minimum absolute atomic E-state index is 0.0930. The number of nitrogens with one attached hydrogen (secondary N) is 1. The Morgan fingerprint density at radius 3 is 2.59 bits per heavy atom. The second kappa shape index (κ2) is 11.4. The van der Waals surface area contributed by atoms with Gasteiger partial charge >= 0.3 is 0 Å². The topological polar surface area (TPSA) is 73.3 Å². The highest BCUT2D eigenvalue weighted by Gasteiger charge is 2.07. The first-order valence-corrected chi connectivity index (χ1v) is 10.6. The van der Waals surface area contributed by atoms with Gasteiger partial charge in [0.25, 0.3) is 0 Å². The van der Waals surface area contributed by atoms with Gasteiger partial charge in [0.1, 0.15) is 18.1 Å². The van der Waals surface area contributed by atoms with Crippen LogP contribution in [0, 0.1) is 5.82 Å². The van der Waals surface area contributed by atoms with Gasteiger partial charge in [-0.25, -0.2) is 4.39 Å². The lowest BCUT2D eigenvalue weighted by Crippen LogP contribution is -2.20. The smallest absolute Gasteiger partial charge is 0.244 e. The molecule has 0 aliphatic carbocycles. The zero-order chi connectivity index (χ0) is 23.6. The normalized spacial score (nSPS) is 10.7. The van der Waals surface area contributed by atoms with Gasteiger partial charge < -0.3 is 14.8 Å². The van der Waals surface area contributed by atoms with Gasteiger partial charge in [-0.1, -0.05) is 24.3 Å². The molecule has 6 nitrogen and oxygen atoms in total. The molecule has 0 fully saturated rings. The highest BCUT2D eigenvalue weighted by Crippen LogP contribution is 2.24. The van der Waals surface area contributed by atoms with E-state index in [1.165, 1.54) is 24.4 Å². The second-order valence-corrected chi connectivity index (χ2v) is 7.29. The third-order valence-corrected chi connectivity index (χ3v) is 4.75. The van der Waals surface area contributed by atoms with Crippen molar-refractivity contribution < 1.29 is 18.7 Å². The number of rotatable bonds is 9. The number of nitrogens with zero attached hydrogens (tertiary/aromatic N) is 2. The van der Waals surface area contributed by atoms with Gasteiger partial charge in [-0.05, 0) is 65.7 Å². The Bertz CT molecular complexity index is 1250. The standard InChI is InChI=1S/C27H22FN3O3/c28-25-16-21(8-12-26(25)34-24-5-3-14-29-18-24)17-31-27(32)13-9-20-6-10-23(11-7-20)33-19-22-4-1-2-15-30-22/h1-16,18H,17,19H2,(H,31,32)/b13-9+. The number of aromatic nitrogens is 2. The van der Waals surface area contributed by atoms with Crippen LogP contribution in [0.5, 0.6) is 17.2 Å². The van der Waals surface area contributed by atoms with Crippen molar-refractivity contribution in [2.24, 2.45) is 0 Å². The molecule has 1 amide bonds. The number of ether oxygens (including phenoxy) is 2. The van der Waals surface area contributed by atoms with Crippen LogP contribution in [0.15, 0.2) is 97.5 Å². The van der Waals surface area contributed by atoms with Crippen molar-refractivity contribution in [2.45, 2.75) is 13.2 Å². The van der Waals surface area contributed by atoms with Crippen molar-refractivity contribution in [3.05, 3.63) is 120 Å². The summed E-state index contributed by atoms with van der Waals surface area (Å²) in [4.78, 5) is 20.3. The van der Waals surface area contributed by atoms with Gasteiger partial charge in [-0.2, -0.15) is 0 Å². The number of carbonyl (C=O) groups excluding carboxylic acids is 1. The van der Waals surface area contributed by atoms with Gasteiger partial charge in [0, 0.05) is 25.0 Å². The summed E-state index contributed by atoms with van der Waals surface area (Å²) in [7, 11) is 0. The fourth-order valence-electron chi connectivity index (χ4n) is 3.01. The summed E-state index contributed by atoms with van der Waals surface area (Å²) >= 11 is 0. The van der Waals surface area contributed by atoms with Crippen molar-refractivity contribution in [3.8, 4) is 17.2 Å². The molecule has 2 aromatic carbocycles. The molecule has 0 saturated carbocycles. The third-order valence-electron chi connectivity index (χ3n) is 4.75. The number of hydrogen-bond acceptors (Lipinski definition) is 5. The molecule has 4 rings (SSSR count). The summed E-state index contributed by atoms with van der Waals surface area (Å²) < 4.78 is 25.5. The molecule has 2 aromatic heterocycles. The highest BCUT2D eigenvalue weighted by molar-refractivity contribution is 5.91. The van der Waals surface area contributed by atoms with Crippen molar-refractivity contribution >= 4 is 12.0 Å². The Labute approximate surface area is 196 Å². The van der Waals surface area contributed by atoms with Crippen molar-refractivity contribution in [1.29, 1.82) is 0 Å². The summed E-state index contributed by atoms with van der Waals surface area (Å²) in [5.74, 6) is 0.448. The number of carbonyl (C=O) groups is 1. The molecule has 4 aromatic rings. The molecular formula is C27H22FN3O3. The molecule has 34 heavy (non-hydrogen) atoms. The Kier molecular flexibility index (Phi) is 7.58. The van der Waals surface area contributed by atoms with Crippen LogP contribution >= 0.6 is 0 Å². The van der Waals surface area contributed by atoms with E-state index in [2.05, 4.69) is 15.3 Å². The average Bonchev–Trinajstić information content (AvgIpc) is 2.88. The van der Waals surface area contributed by atoms with E-state index in [0.29, 0.717) is 23.7 Å². The molecule has 0 radical (unpaired) electrons. The zero-order valence-corrected chi connectivity index (χ0v) is 18.2. The van der Waals surface area contributed by atoms with Crippen molar-refractivity contribution in [1.82, 2.24) is 15.3 Å². The predicted octanol–water partition coefficient (Wildman–Crippen LogP) is 5.32. The molecule has 2 heterocycles. The zero-order valence-electron chi connectivity index (χ0n) is 18.2. The lowest BCUT2D eigenvalue weighted by Gasteiger charge is -2.08. The number of halogens is 1. The van der Waals surface area contributed by atoms with E-state index < -0.39 is 5.82 Å². The Hall–Kier alpha value is -4.52. The maximum absolute atomic E-state index is 14.3. The quantitative estimate of drug-likeness (QED) is 0.346. The molecule has 0 unspecified atom stereocenters. The van der Waals surface area contributed by atoms with Crippen LogP contribution in [0.1, 0.15) is 16.8 Å². The van der Waals surface area contributed by atoms with E-state index >= 15 is 0 Å². The first-order valence-electron chi connectivity index (χ1n) is 10.6. The predicted molar refractivity (Wildman–Crippen MR) is 127 cm³/mol. The lowest BCUT2D eigenvalue weighted by molar-refractivity contribution is -0.116. The van der Waals surface area contributed by atoms with Crippen LogP contribution in [0.3, 0.4) is 0 Å². The number of benzene rings is 2. The SMILES string of the molecule is O=C(/C=C/c1ccc(OCc2ccccn2)cc1)NCc1ccc(Oc2cccnc2)c(F)c1. The Morgan fingerprint density at radius 1 is 0.971 bits per heavy atom. The molecular weight excluding hydrogens is 433 g/mol. The van der Waals surface area contributed by atoms with Crippen molar-refractivity contribution in [2.75, 3.05) is 0 Å². The van der Waals surface area contributed by atoms with Crippen molar-refractivity contribution in [3.63, 3.8) is 0 Å². The van der Waals surface area contributed by atoms with E-state index in [4.69, 9.17) is 9.47 Å². The molecule has 0 saturated heterocycles. The molecule has 0 aliphatic heterocycles. The second-order valence-electron chi connectivity index (χ2n) is 7.29. The summed E-state index contributed by atoms with van der Waals surface area (Å²) in [6.45, 7) is 0.573. The molecule has 0 spiro atoms. The largest absolute Gasteiger partial charge is 0.487 e. The molecule has 0 atom stereocenters. The summed E-state index contributed by atoms with van der Waals surface area (Å²) in [5.41, 5.74) is 2.31. The van der Waals surface area contributed by atoms with E-state index in [1.807, 2.05) is 42.5 Å². The van der Waals surface area contributed by atoms with E-state index in [1.54, 1.807) is 36.7 Å². The minimum Gasteiger partial charge on any atom is -0.487 e. The highest BCUT2D eigenvalue weighted by atomic mass is 19.1. The number of pyridine rings is 2. The first-order chi connectivity index (χ1) is 16.7. The monoisotopic (exact) mass is 455 g/mol. The number of hydrogen-bond donors (Lipinski definition) is 1. The Morgan fingerprint density at radius 2 is 1.85 bits per heavy atom. The van der Waals surface area contributed by atoms with Crippen LogP contribution in [0.25, 0.3) is 6.08 Å². The number of amides is 1. The van der Waals surface area contributed by atoms with Crippen LogP contribution in [-0.4, -0.2) is 15.9 Å². The molecule has 1 N–H and O–H groups in total. The maximum Gasteiger partial charge on any atom is 0.244 e. The minimum atomic E-state index is -0.517. The van der Waals surface area contributed by atoms with Crippen LogP contribution < -0.4 is 14.8 Å². The van der Waals surface area contributed by atoms with Gasteiger partial charge in [0.15, 0.2) is 11.6 Å². The molecule has 7 heteroatoms. The summed E-state index contributed by atoms with van der Waals surface area (Å²) in [6.07, 6.45) is 7.96. The lowest BCUT2D eigenvalue weighted by atomic mass is 10.2. The summed E-state index contributed by atoms with van der Waals surface area (Å²) in [5, 5.41) is 2.74. The third kappa shape index (κ3) is 6.74. The van der Waals surface area contributed by atoms with Crippen LogP contribution in [0.4, 0.5) is 4.39 Å². The van der Waals surface area contributed by atoms with E-state index in [0.717, 1.165) is 11.3 Å². The van der Waals surface area contributed by atoms with Gasteiger partial charge in [-0.3, -0.25) is 14.8 Å². The fraction of sp³-hybridized carbons (Fsp3) is 0.0741. The molecule has 0 bridgehead atoms. The van der Waals surface area contributed by atoms with Gasteiger partial charge in [0.05, 0.1) is 11.9 Å². The molecule has 0 aliphatic rings. The summed E-state index contributed by atoms with van der Waals surface area (Å²) in [6, 6.07) is 21.0. The van der Waals surface area contributed by atoms with E-state index in [9.17, 15) is 9.18 Å². The fourth-order valence-corrected chi connectivity index (χ4v) is 3.01. The van der Waals surface area contributed by atoms with Gasteiger partial charge in [-0.15, -0.1) is 0 Å². The van der Waals surface area contributed by atoms with Crippen LogP contribution in [0.2, 0.25) is 0 Å². The Balaban J connectivity index is 1.25. The average molecular weight is 455 g/mol.